The summed E-state index contributed by atoms with van der Waals surface area (Å²) in [6, 6.07) is 0. The molecule has 0 saturated carbocycles. The minimum Gasteiger partial charge on any atom is -0.478 e. The van der Waals surface area contributed by atoms with Gasteiger partial charge in [0, 0.05) is 31.1 Å². The van der Waals surface area contributed by atoms with Crippen LogP contribution in [0.3, 0.4) is 0 Å². The van der Waals surface area contributed by atoms with Crippen molar-refractivity contribution in [3.63, 3.8) is 0 Å². The predicted octanol–water partition coefficient (Wildman–Crippen LogP) is 12.1. The van der Waals surface area contributed by atoms with Gasteiger partial charge in [0.1, 0.15) is 0 Å². The van der Waals surface area contributed by atoms with Gasteiger partial charge in [-0.1, -0.05) is 168 Å². The topological polar surface area (TPSA) is 89.9 Å². The first kappa shape index (κ1) is 43.5. The highest BCUT2D eigenvalue weighted by atomic mass is 32.2. The third-order valence-corrected chi connectivity index (χ3v) is 9.07. The molecule has 264 valence electrons. The molecule has 7 heteroatoms. The van der Waals surface area contributed by atoms with Crippen molar-refractivity contribution >= 4 is 29.7 Å². The number of carbonyl (C=O) groups is 3. The first-order valence-electron chi connectivity index (χ1n) is 18.9. The number of hydrogen-bond acceptors (Lipinski definition) is 6. The van der Waals surface area contributed by atoms with Gasteiger partial charge in [-0.25, -0.2) is 4.79 Å². The number of carboxylic acids is 1. The van der Waals surface area contributed by atoms with Crippen molar-refractivity contribution in [1.82, 2.24) is 0 Å². The minimum absolute atomic E-state index is 0.330. The summed E-state index contributed by atoms with van der Waals surface area (Å²) in [4.78, 5) is 35.7. The zero-order valence-electron chi connectivity index (χ0n) is 29.3. The van der Waals surface area contributed by atoms with E-state index in [0.29, 0.717) is 25.0 Å². The van der Waals surface area contributed by atoms with Gasteiger partial charge in [0.2, 0.25) is 6.29 Å². The van der Waals surface area contributed by atoms with E-state index in [9.17, 15) is 14.4 Å². The maximum absolute atomic E-state index is 12.5. The smallest absolute Gasteiger partial charge is 0.328 e. The predicted molar refractivity (Wildman–Crippen MR) is 190 cm³/mol. The molecule has 0 radical (unpaired) electrons. The fourth-order valence-corrected chi connectivity index (χ4v) is 6.14. The van der Waals surface area contributed by atoms with Crippen LogP contribution in [-0.4, -0.2) is 35.1 Å². The molecule has 0 amide bonds. The molecule has 0 aromatic carbocycles. The lowest BCUT2D eigenvalue weighted by molar-refractivity contribution is -0.188. The summed E-state index contributed by atoms with van der Waals surface area (Å²) in [6.45, 7) is 4.51. The molecule has 0 spiro atoms. The monoisotopic (exact) mass is 654 g/mol. The Bertz CT molecular complexity index is 666. The second-order valence-electron chi connectivity index (χ2n) is 12.7. The molecule has 45 heavy (non-hydrogen) atoms. The third-order valence-electron chi connectivity index (χ3n) is 8.27. The van der Waals surface area contributed by atoms with E-state index in [1.165, 1.54) is 146 Å². The molecule has 0 fully saturated rings. The molecular weight excluding hydrogens is 584 g/mol. The highest BCUT2D eigenvalue weighted by Gasteiger charge is 2.18. The Morgan fingerprint density at radius 3 is 1.16 bits per heavy atom. The Balaban J connectivity index is 4.07. The molecule has 0 aromatic rings. The molecule has 0 atom stereocenters. The summed E-state index contributed by atoms with van der Waals surface area (Å²) < 4.78 is 11.1. The van der Waals surface area contributed by atoms with Gasteiger partial charge in [0.15, 0.2) is 0 Å². The Hall–Kier alpha value is -1.50. The molecule has 0 aliphatic rings. The summed E-state index contributed by atoms with van der Waals surface area (Å²) in [5, 5.41) is 10.2. The first-order valence-corrected chi connectivity index (χ1v) is 19.9. The molecule has 0 bridgehead atoms. The summed E-state index contributed by atoms with van der Waals surface area (Å²) in [6.07, 6.45) is 33.6. The third kappa shape index (κ3) is 35.2. The standard InChI is InChI=1S/C38H70O6S/c1-3-5-7-9-11-13-15-17-19-21-23-25-27-29-36(41)43-38(32-34-45-33-31-35(39)40)44-37(42)30-28-26-24-22-20-18-16-14-12-10-8-6-4-2/h31,33,38H,3-30,32,34H2,1-2H3,(H,39,40)/b33-31+. The van der Waals surface area contributed by atoms with Crippen LogP contribution in [0.4, 0.5) is 0 Å². The molecule has 0 unspecified atom stereocenters. The lowest BCUT2D eigenvalue weighted by Crippen LogP contribution is -2.25. The van der Waals surface area contributed by atoms with Crippen LogP contribution in [0.25, 0.3) is 0 Å². The van der Waals surface area contributed by atoms with E-state index in [4.69, 9.17) is 14.6 Å². The number of ether oxygens (including phenoxy) is 2. The maximum Gasteiger partial charge on any atom is 0.328 e. The van der Waals surface area contributed by atoms with Gasteiger partial charge in [-0.2, -0.15) is 0 Å². The lowest BCUT2D eigenvalue weighted by atomic mass is 10.0. The van der Waals surface area contributed by atoms with Crippen molar-refractivity contribution < 1.29 is 29.0 Å². The van der Waals surface area contributed by atoms with E-state index in [1.807, 2.05) is 0 Å². The van der Waals surface area contributed by atoms with Gasteiger partial charge in [-0.15, -0.1) is 11.8 Å². The molecule has 0 aliphatic carbocycles. The Kier molecular flexibility index (Phi) is 34.2. The van der Waals surface area contributed by atoms with Crippen LogP contribution in [0.2, 0.25) is 0 Å². The van der Waals surface area contributed by atoms with Crippen LogP contribution in [-0.2, 0) is 23.9 Å². The summed E-state index contributed by atoms with van der Waals surface area (Å²) in [5.41, 5.74) is 0. The lowest BCUT2D eigenvalue weighted by Gasteiger charge is -2.18. The molecule has 1 N–H and O–H groups in total. The second-order valence-corrected chi connectivity index (χ2v) is 13.7. The number of thioether (sulfide) groups is 1. The van der Waals surface area contributed by atoms with E-state index in [-0.39, 0.29) is 11.9 Å². The van der Waals surface area contributed by atoms with Gasteiger partial charge >= 0.3 is 17.9 Å². The van der Waals surface area contributed by atoms with Crippen LogP contribution < -0.4 is 0 Å². The Morgan fingerprint density at radius 2 is 0.844 bits per heavy atom. The van der Waals surface area contributed by atoms with E-state index in [1.54, 1.807) is 0 Å². The van der Waals surface area contributed by atoms with Crippen molar-refractivity contribution in [2.75, 3.05) is 5.75 Å². The Labute approximate surface area is 281 Å². The van der Waals surface area contributed by atoms with Gasteiger partial charge < -0.3 is 14.6 Å². The SMILES string of the molecule is CCCCCCCCCCCCCCCC(=O)OC(CCS/C=C/C(=O)O)OC(=O)CCCCCCCCCCCCCCC. The second kappa shape index (κ2) is 35.4. The normalized spacial score (nSPS) is 11.4. The van der Waals surface area contributed by atoms with Crippen molar-refractivity contribution in [2.45, 2.75) is 206 Å². The van der Waals surface area contributed by atoms with Gasteiger partial charge in [-0.3, -0.25) is 9.59 Å². The number of rotatable bonds is 35. The number of carbonyl (C=O) groups excluding carboxylic acids is 2. The molecule has 0 aliphatic heterocycles. The average molecular weight is 655 g/mol. The minimum atomic E-state index is -1.01. The first-order chi connectivity index (χ1) is 22.0. The molecule has 0 heterocycles. The molecule has 0 aromatic heterocycles. The van der Waals surface area contributed by atoms with Crippen LogP contribution in [0.15, 0.2) is 11.5 Å². The highest BCUT2D eigenvalue weighted by Crippen LogP contribution is 2.17. The van der Waals surface area contributed by atoms with Crippen molar-refractivity contribution in [1.29, 1.82) is 0 Å². The summed E-state index contributed by atoms with van der Waals surface area (Å²) >= 11 is 1.30. The van der Waals surface area contributed by atoms with Crippen LogP contribution >= 0.6 is 11.8 Å². The highest BCUT2D eigenvalue weighted by molar-refractivity contribution is 8.02. The number of unbranched alkanes of at least 4 members (excludes halogenated alkanes) is 24. The van der Waals surface area contributed by atoms with Gasteiger partial charge in [0.05, 0.1) is 0 Å². The molecule has 6 nitrogen and oxygen atoms in total. The van der Waals surface area contributed by atoms with E-state index in [0.717, 1.165) is 44.6 Å². The quantitative estimate of drug-likeness (QED) is 0.0315. The Morgan fingerprint density at radius 1 is 0.533 bits per heavy atom. The number of hydrogen-bond donors (Lipinski definition) is 1. The fourth-order valence-electron chi connectivity index (χ4n) is 5.47. The zero-order valence-corrected chi connectivity index (χ0v) is 30.2. The molecule has 0 saturated heterocycles. The van der Waals surface area contributed by atoms with Crippen LogP contribution in [0, 0.1) is 0 Å². The average Bonchev–Trinajstić information content (AvgIpc) is 3.01. The van der Waals surface area contributed by atoms with E-state index in [2.05, 4.69) is 13.8 Å². The van der Waals surface area contributed by atoms with Crippen LogP contribution in [0.5, 0.6) is 0 Å². The van der Waals surface area contributed by atoms with E-state index >= 15 is 0 Å². The number of esters is 2. The molecule has 0 rings (SSSR count). The van der Waals surface area contributed by atoms with Gasteiger partial charge in [-0.05, 0) is 18.2 Å². The molecular formula is C38H70O6S. The van der Waals surface area contributed by atoms with Crippen molar-refractivity contribution in [2.24, 2.45) is 0 Å². The van der Waals surface area contributed by atoms with Gasteiger partial charge in [0.25, 0.3) is 0 Å². The summed E-state index contributed by atoms with van der Waals surface area (Å²) in [7, 11) is 0. The fraction of sp³-hybridized carbons (Fsp3) is 0.868. The number of carboxylic acid groups (broad SMARTS) is 1. The number of aliphatic carboxylic acids is 1. The van der Waals surface area contributed by atoms with Crippen LogP contribution in [0.1, 0.15) is 200 Å². The van der Waals surface area contributed by atoms with Crippen molar-refractivity contribution in [3.05, 3.63) is 11.5 Å². The van der Waals surface area contributed by atoms with Crippen molar-refractivity contribution in [3.8, 4) is 0 Å². The zero-order chi connectivity index (χ0) is 33.1. The maximum atomic E-state index is 12.5. The largest absolute Gasteiger partial charge is 0.478 e. The summed E-state index contributed by atoms with van der Waals surface area (Å²) in [5.74, 6) is -1.18. The van der Waals surface area contributed by atoms with E-state index < -0.39 is 12.3 Å².